The Morgan fingerprint density at radius 3 is 2.26 bits per heavy atom. The van der Waals surface area contributed by atoms with E-state index in [0.29, 0.717) is 25.4 Å². The molecule has 0 unspecified atom stereocenters. The Labute approximate surface area is 250 Å². The summed E-state index contributed by atoms with van der Waals surface area (Å²) < 4.78 is 7.66. The van der Waals surface area contributed by atoms with Crippen LogP contribution in [-0.4, -0.2) is 82.6 Å². The normalized spacial score (nSPS) is 22.3. The van der Waals surface area contributed by atoms with Crippen LogP contribution in [0.2, 0.25) is 0 Å². The molecule has 2 saturated heterocycles. The molecule has 2 fully saturated rings. The molecule has 6 rings (SSSR count). The maximum Gasteiger partial charge on any atom is 0.332 e. The summed E-state index contributed by atoms with van der Waals surface area (Å²) >= 11 is 0. The fourth-order valence-corrected chi connectivity index (χ4v) is 6.98. The molecule has 3 aromatic rings. The second kappa shape index (κ2) is 11.4. The number of aromatic nitrogens is 1. The van der Waals surface area contributed by atoms with E-state index in [2.05, 4.69) is 4.90 Å². The van der Waals surface area contributed by atoms with Crippen molar-refractivity contribution in [3.63, 3.8) is 0 Å². The topological polar surface area (TPSA) is 112 Å². The van der Waals surface area contributed by atoms with Crippen molar-refractivity contribution in [3.8, 4) is 5.75 Å². The van der Waals surface area contributed by atoms with Gasteiger partial charge in [0.1, 0.15) is 23.9 Å². The number of likely N-dealkylation sites (tertiary alicyclic amines) is 1. The molecule has 1 N–H and O–H groups in total. The van der Waals surface area contributed by atoms with Crippen molar-refractivity contribution >= 4 is 17.8 Å². The van der Waals surface area contributed by atoms with Gasteiger partial charge < -0.3 is 19.3 Å². The summed E-state index contributed by atoms with van der Waals surface area (Å²) in [7, 11) is 2.84. The average molecular weight is 585 g/mol. The Kier molecular flexibility index (Phi) is 7.66. The molecule has 10 heteroatoms. The number of piperidine rings is 1. The first-order valence-electron chi connectivity index (χ1n) is 14.6. The number of aliphatic hydroxyl groups is 1. The van der Waals surface area contributed by atoms with Gasteiger partial charge in [0, 0.05) is 58.0 Å². The monoisotopic (exact) mass is 584 g/mol. The number of rotatable bonds is 8. The molecule has 10 nitrogen and oxygen atoms in total. The standard InChI is InChI=1S/C33H36N4O6/c1-34-30(40)33(31(41)35(2)32(34)42,21-36-17-23-15-25(19-36)27-9-6-10-29(39)37(27)18-23)16-22-11-13-26(14-12-22)43-20-28(38)24-7-4-3-5-8-24/h3-14,23,25,28,38H,15-21H2,1-2H3/t23-,25+,28+/m1/s1. The molecule has 0 aliphatic carbocycles. The van der Waals surface area contributed by atoms with Crippen LogP contribution in [0.4, 0.5) is 4.79 Å². The summed E-state index contributed by atoms with van der Waals surface area (Å²) in [6.45, 7) is 2.11. The highest BCUT2D eigenvalue weighted by Gasteiger charge is 2.56. The lowest BCUT2D eigenvalue weighted by molar-refractivity contribution is -0.159. The molecule has 224 valence electrons. The number of barbiturate groups is 1. The predicted molar refractivity (Wildman–Crippen MR) is 158 cm³/mol. The van der Waals surface area contributed by atoms with Crippen LogP contribution < -0.4 is 10.3 Å². The quantitative estimate of drug-likeness (QED) is 0.405. The van der Waals surface area contributed by atoms with Gasteiger partial charge >= 0.3 is 6.03 Å². The van der Waals surface area contributed by atoms with Crippen LogP contribution in [0.5, 0.6) is 5.75 Å². The molecule has 4 heterocycles. The SMILES string of the molecule is CN1C(=O)N(C)C(=O)C(Cc2ccc(OC[C@H](O)c3ccccc3)cc2)(CN2C[C@H]3C[C@@H](C2)c2cccc(=O)n2C3)C1=O. The van der Waals surface area contributed by atoms with Crippen molar-refractivity contribution in [2.75, 3.05) is 40.3 Å². The molecular weight excluding hydrogens is 548 g/mol. The average Bonchev–Trinajstić information content (AvgIpc) is 3.02. The lowest BCUT2D eigenvalue weighted by Gasteiger charge is -2.48. The number of aliphatic hydroxyl groups excluding tert-OH is 1. The summed E-state index contributed by atoms with van der Waals surface area (Å²) in [4.78, 5) is 57.2. The van der Waals surface area contributed by atoms with Gasteiger partial charge in [0.15, 0.2) is 0 Å². The number of hydrogen-bond donors (Lipinski definition) is 1. The number of benzene rings is 2. The van der Waals surface area contributed by atoms with Crippen molar-refractivity contribution in [3.05, 3.63) is 100.0 Å². The van der Waals surface area contributed by atoms with Crippen LogP contribution in [0, 0.1) is 11.3 Å². The second-order valence-corrected chi connectivity index (χ2v) is 12.0. The number of carbonyl (C=O) groups excluding carboxylic acids is 3. The van der Waals surface area contributed by atoms with Crippen LogP contribution in [0.3, 0.4) is 0 Å². The van der Waals surface area contributed by atoms with E-state index < -0.39 is 29.4 Å². The third-order valence-corrected chi connectivity index (χ3v) is 9.07. The lowest BCUT2D eigenvalue weighted by atomic mass is 9.75. The van der Waals surface area contributed by atoms with E-state index in [9.17, 15) is 24.3 Å². The van der Waals surface area contributed by atoms with E-state index in [-0.39, 0.29) is 37.0 Å². The number of hydrogen-bond acceptors (Lipinski definition) is 7. The number of urea groups is 1. The Balaban J connectivity index is 1.23. The molecule has 3 aliphatic rings. The van der Waals surface area contributed by atoms with Gasteiger partial charge in [-0.15, -0.1) is 0 Å². The van der Waals surface area contributed by atoms with Crippen LogP contribution in [0.15, 0.2) is 77.6 Å². The molecular formula is C33H36N4O6. The van der Waals surface area contributed by atoms with E-state index in [1.54, 1.807) is 24.3 Å². The molecule has 2 bridgehead atoms. The summed E-state index contributed by atoms with van der Waals surface area (Å²) in [5.74, 6) is -0.140. The summed E-state index contributed by atoms with van der Waals surface area (Å²) in [5.41, 5.74) is 1.00. The Bertz CT molecular complexity index is 1560. The van der Waals surface area contributed by atoms with Gasteiger partial charge in [0.2, 0.25) is 11.8 Å². The zero-order chi connectivity index (χ0) is 30.3. The molecule has 3 aliphatic heterocycles. The third-order valence-electron chi connectivity index (χ3n) is 9.07. The van der Waals surface area contributed by atoms with Crippen molar-refractivity contribution in [2.45, 2.75) is 31.4 Å². The Morgan fingerprint density at radius 2 is 1.56 bits per heavy atom. The molecule has 1 aromatic heterocycles. The first-order valence-corrected chi connectivity index (χ1v) is 14.6. The van der Waals surface area contributed by atoms with Crippen molar-refractivity contribution < 1.29 is 24.2 Å². The van der Waals surface area contributed by atoms with Crippen LogP contribution in [0.1, 0.15) is 35.3 Å². The molecule has 0 saturated carbocycles. The smallest absolute Gasteiger partial charge is 0.332 e. The van der Waals surface area contributed by atoms with Gasteiger partial charge in [0.05, 0.1) is 0 Å². The van der Waals surface area contributed by atoms with Gasteiger partial charge in [-0.25, -0.2) is 4.79 Å². The number of fused-ring (bicyclic) bond motifs is 4. The van der Waals surface area contributed by atoms with E-state index in [1.807, 2.05) is 53.1 Å². The summed E-state index contributed by atoms with van der Waals surface area (Å²) in [5, 5.41) is 10.4. The number of imide groups is 2. The van der Waals surface area contributed by atoms with Crippen molar-refractivity contribution in [1.82, 2.24) is 19.3 Å². The minimum Gasteiger partial charge on any atom is -0.491 e. The van der Waals surface area contributed by atoms with Crippen LogP contribution in [-0.2, 0) is 22.6 Å². The Morgan fingerprint density at radius 1 is 0.860 bits per heavy atom. The fourth-order valence-electron chi connectivity index (χ4n) is 6.98. The molecule has 4 amide bonds. The zero-order valence-corrected chi connectivity index (χ0v) is 24.4. The molecule has 2 aromatic carbocycles. The van der Waals surface area contributed by atoms with Crippen LogP contribution >= 0.6 is 0 Å². The van der Waals surface area contributed by atoms with E-state index in [4.69, 9.17) is 4.74 Å². The lowest BCUT2D eigenvalue weighted by Crippen LogP contribution is -2.67. The minimum absolute atomic E-state index is 0.00137. The highest BCUT2D eigenvalue weighted by Crippen LogP contribution is 2.39. The minimum atomic E-state index is -1.49. The van der Waals surface area contributed by atoms with E-state index in [1.165, 1.54) is 14.1 Å². The molecule has 0 spiro atoms. The summed E-state index contributed by atoms with van der Waals surface area (Å²) in [6.07, 6.45) is 0.287. The molecule has 3 atom stereocenters. The van der Waals surface area contributed by atoms with Crippen LogP contribution in [0.25, 0.3) is 0 Å². The Hall–Kier alpha value is -4.28. The van der Waals surface area contributed by atoms with E-state index >= 15 is 0 Å². The number of ether oxygens (including phenoxy) is 1. The van der Waals surface area contributed by atoms with Gasteiger partial charge in [0.25, 0.3) is 5.56 Å². The number of carbonyl (C=O) groups is 3. The number of amides is 4. The zero-order valence-electron chi connectivity index (χ0n) is 24.4. The largest absolute Gasteiger partial charge is 0.491 e. The summed E-state index contributed by atoms with van der Waals surface area (Å²) in [6, 6.07) is 21.1. The maximum absolute atomic E-state index is 13.9. The first-order chi connectivity index (χ1) is 20.7. The third kappa shape index (κ3) is 5.36. The highest BCUT2D eigenvalue weighted by atomic mass is 16.5. The van der Waals surface area contributed by atoms with Gasteiger partial charge in [-0.05, 0) is 48.1 Å². The molecule has 0 radical (unpaired) electrons. The predicted octanol–water partition coefficient (Wildman–Crippen LogP) is 2.66. The first kappa shape index (κ1) is 28.8. The van der Waals surface area contributed by atoms with Gasteiger partial charge in [-0.3, -0.25) is 24.2 Å². The second-order valence-electron chi connectivity index (χ2n) is 12.0. The van der Waals surface area contributed by atoms with Gasteiger partial charge in [-0.2, -0.15) is 0 Å². The highest BCUT2D eigenvalue weighted by molar-refractivity contribution is 6.19. The maximum atomic E-state index is 13.9. The number of nitrogens with zero attached hydrogens (tertiary/aromatic N) is 4. The van der Waals surface area contributed by atoms with E-state index in [0.717, 1.165) is 33.0 Å². The molecule has 43 heavy (non-hydrogen) atoms. The van der Waals surface area contributed by atoms with Gasteiger partial charge in [-0.1, -0.05) is 48.5 Å². The van der Waals surface area contributed by atoms with Crippen molar-refractivity contribution in [1.29, 1.82) is 0 Å². The fraction of sp³-hybridized carbons (Fsp3) is 0.394. The number of pyridine rings is 1. The van der Waals surface area contributed by atoms with Crippen molar-refractivity contribution in [2.24, 2.45) is 11.3 Å².